The van der Waals surface area contributed by atoms with Gasteiger partial charge in [0.1, 0.15) is 6.10 Å². The largest absolute Gasteiger partial charge is 0.459 e. The van der Waals surface area contributed by atoms with Crippen molar-refractivity contribution in [2.75, 3.05) is 7.05 Å². The molecule has 1 aromatic carbocycles. The van der Waals surface area contributed by atoms with E-state index < -0.39 is 0 Å². The minimum absolute atomic E-state index is 0.0317. The van der Waals surface area contributed by atoms with Gasteiger partial charge in [0.05, 0.1) is 8.30 Å². The normalized spacial score (nSPS) is 30.2. The maximum Gasteiger partial charge on any atom is 0.340 e. The number of aromatic nitrogens is 1. The molecule has 0 spiro atoms. The Morgan fingerprint density at radius 3 is 2.95 bits per heavy atom. The first-order chi connectivity index (χ1) is 11.0. The highest BCUT2D eigenvalue weighted by Gasteiger charge is 2.40. The molecule has 2 aromatic rings. The third-order valence-electron chi connectivity index (χ3n) is 5.00. The Bertz CT molecular complexity index is 759. The molecule has 0 radical (unpaired) electrons. The second-order valence-electron chi connectivity index (χ2n) is 6.14. The predicted octanol–water partition coefficient (Wildman–Crippen LogP) is 2.95. The molecule has 2 fully saturated rings. The molecule has 21 heavy (non-hydrogen) atoms. The van der Waals surface area contributed by atoms with Crippen molar-refractivity contribution in [3.63, 3.8) is 0 Å². The molecule has 0 amide bonds. The van der Waals surface area contributed by atoms with Crippen LogP contribution < -0.4 is 0 Å². The van der Waals surface area contributed by atoms with Crippen LogP contribution in [0.1, 0.15) is 38.8 Å². The van der Waals surface area contributed by atoms with Gasteiger partial charge in [0.25, 0.3) is 0 Å². The van der Waals surface area contributed by atoms with Crippen molar-refractivity contribution in [1.82, 2.24) is 9.88 Å². The number of H-pyrrole nitrogens is 1. The summed E-state index contributed by atoms with van der Waals surface area (Å²) < 4.78 is 21.4. The van der Waals surface area contributed by atoms with Crippen molar-refractivity contribution in [2.45, 2.75) is 43.9 Å². The number of rotatable bonds is 2. The zero-order valence-corrected chi connectivity index (χ0v) is 12.1. The number of hydrogen-bond acceptors (Lipinski definition) is 3. The summed E-state index contributed by atoms with van der Waals surface area (Å²) in [4.78, 5) is 17.9. The molecule has 2 aliphatic heterocycles. The Labute approximate surface area is 126 Å². The molecule has 2 saturated heterocycles. The summed E-state index contributed by atoms with van der Waals surface area (Å²) in [6, 6.07) is 4.57. The highest BCUT2D eigenvalue weighted by atomic mass is 16.5. The van der Waals surface area contributed by atoms with Crippen LogP contribution >= 0.6 is 0 Å². The van der Waals surface area contributed by atoms with Crippen LogP contribution in [0.15, 0.2) is 30.4 Å². The molecular weight excluding hydrogens is 264 g/mol. The maximum absolute atomic E-state index is 12.5. The summed E-state index contributed by atoms with van der Waals surface area (Å²) in [5.74, 6) is -0.352. The van der Waals surface area contributed by atoms with Gasteiger partial charge in [0.15, 0.2) is 0 Å². The molecule has 0 aliphatic carbocycles. The number of carbonyl (C=O) groups excluding carboxylic acids is 1. The summed E-state index contributed by atoms with van der Waals surface area (Å²) in [5, 5.41) is 0.600. The molecule has 1 unspecified atom stereocenters. The molecule has 110 valence electrons. The van der Waals surface area contributed by atoms with Crippen molar-refractivity contribution < 1.29 is 12.3 Å². The Hall–Kier alpha value is -1.81. The average Bonchev–Trinajstić information content (AvgIpc) is 2.98. The summed E-state index contributed by atoms with van der Waals surface area (Å²) in [5.41, 5.74) is 1.00. The van der Waals surface area contributed by atoms with Gasteiger partial charge in [-0.05, 0) is 25.9 Å². The number of hydrogen-bond donors (Lipinski definition) is 1. The minimum Gasteiger partial charge on any atom is -0.459 e. The number of aromatic amines is 1. The molecule has 2 aliphatic rings. The number of piperidine rings is 1. The quantitative estimate of drug-likeness (QED) is 0.863. The van der Waals surface area contributed by atoms with Crippen molar-refractivity contribution in [2.24, 2.45) is 0 Å². The summed E-state index contributed by atoms with van der Waals surface area (Å²) in [6.45, 7) is 0. The second kappa shape index (κ2) is 4.88. The van der Waals surface area contributed by atoms with Crippen molar-refractivity contribution in [1.29, 1.82) is 0 Å². The van der Waals surface area contributed by atoms with E-state index in [2.05, 4.69) is 16.9 Å². The van der Waals surface area contributed by atoms with E-state index in [0.29, 0.717) is 28.6 Å². The van der Waals surface area contributed by atoms with Gasteiger partial charge in [-0.25, -0.2) is 4.79 Å². The first-order valence-corrected chi connectivity index (χ1v) is 7.54. The van der Waals surface area contributed by atoms with Gasteiger partial charge < -0.3 is 14.6 Å². The van der Waals surface area contributed by atoms with E-state index >= 15 is 0 Å². The molecule has 3 heterocycles. The van der Waals surface area contributed by atoms with E-state index in [4.69, 9.17) is 7.48 Å². The standard InChI is InChI=1S/C17H20N2O2/c1-19-11-6-7-12(19)9-13(8-11)21-17(20)15-10-18-16-5-3-2-4-14(15)16/h2-5,10-13,18H,6-9H2,1H3/t11-,12+,13?/i2D,5D. The monoisotopic (exact) mass is 286 g/mol. The second-order valence-corrected chi connectivity index (χ2v) is 6.14. The minimum atomic E-state index is -0.352. The number of ether oxygens (including phenoxy) is 1. The Kier molecular flexibility index (Phi) is 2.52. The van der Waals surface area contributed by atoms with E-state index in [-0.39, 0.29) is 24.2 Å². The number of esters is 1. The summed E-state index contributed by atoms with van der Waals surface area (Å²) >= 11 is 0. The number of carbonyl (C=O) groups is 1. The molecule has 4 rings (SSSR count). The van der Waals surface area contributed by atoms with Gasteiger partial charge in [-0.2, -0.15) is 0 Å². The topological polar surface area (TPSA) is 45.3 Å². The molecule has 4 heteroatoms. The Morgan fingerprint density at radius 1 is 1.43 bits per heavy atom. The van der Waals surface area contributed by atoms with Crippen LogP contribution in [0, 0.1) is 0 Å². The fourth-order valence-corrected chi connectivity index (χ4v) is 3.78. The third kappa shape index (κ3) is 2.14. The lowest BCUT2D eigenvalue weighted by molar-refractivity contribution is -0.000258. The van der Waals surface area contributed by atoms with E-state index in [1.165, 1.54) is 18.9 Å². The SMILES string of the molecule is [2H]c1cc([2H])c2[nH]cc(C(=O)OC3C[C@H]4CC[C@@H](C3)N4C)c2c1. The highest BCUT2D eigenvalue weighted by molar-refractivity contribution is 6.04. The van der Waals surface area contributed by atoms with Gasteiger partial charge in [0, 0.05) is 42.0 Å². The first kappa shape index (κ1) is 10.9. The van der Waals surface area contributed by atoms with Gasteiger partial charge >= 0.3 is 5.97 Å². The van der Waals surface area contributed by atoms with Crippen LogP contribution in [0.5, 0.6) is 0 Å². The smallest absolute Gasteiger partial charge is 0.340 e. The van der Waals surface area contributed by atoms with Crippen LogP contribution in [0.25, 0.3) is 10.9 Å². The predicted molar refractivity (Wildman–Crippen MR) is 81.3 cm³/mol. The Balaban J connectivity index is 1.56. The number of benzene rings is 1. The molecular formula is C17H20N2O2. The number of nitrogens with zero attached hydrogens (tertiary/aromatic N) is 1. The molecule has 2 bridgehead atoms. The first-order valence-electron chi connectivity index (χ1n) is 8.54. The number of fused-ring (bicyclic) bond motifs is 3. The average molecular weight is 286 g/mol. The molecule has 1 N–H and O–H groups in total. The van der Waals surface area contributed by atoms with E-state index in [1.54, 1.807) is 12.3 Å². The third-order valence-corrected chi connectivity index (χ3v) is 5.00. The maximum atomic E-state index is 12.5. The fraction of sp³-hybridized carbons (Fsp3) is 0.471. The zero-order chi connectivity index (χ0) is 16.1. The lowest BCUT2D eigenvalue weighted by Crippen LogP contribution is -2.43. The van der Waals surface area contributed by atoms with Crippen LogP contribution in [0.4, 0.5) is 0 Å². The van der Waals surface area contributed by atoms with Crippen molar-refractivity contribution in [3.05, 3.63) is 36.0 Å². The summed E-state index contributed by atoms with van der Waals surface area (Å²) in [6.07, 6.45) is 5.73. The summed E-state index contributed by atoms with van der Waals surface area (Å²) in [7, 11) is 2.16. The van der Waals surface area contributed by atoms with Gasteiger partial charge in [0.2, 0.25) is 0 Å². The zero-order valence-electron chi connectivity index (χ0n) is 14.1. The highest BCUT2D eigenvalue weighted by Crippen LogP contribution is 2.35. The van der Waals surface area contributed by atoms with Crippen LogP contribution in [-0.2, 0) is 4.74 Å². The fourth-order valence-electron chi connectivity index (χ4n) is 3.78. The van der Waals surface area contributed by atoms with Gasteiger partial charge in [-0.1, -0.05) is 18.2 Å². The molecule has 0 saturated carbocycles. The van der Waals surface area contributed by atoms with E-state index in [9.17, 15) is 4.79 Å². The molecule has 1 aromatic heterocycles. The van der Waals surface area contributed by atoms with Crippen LogP contribution in [-0.4, -0.2) is 41.1 Å². The lowest BCUT2D eigenvalue weighted by Gasteiger charge is -2.35. The van der Waals surface area contributed by atoms with Crippen molar-refractivity contribution >= 4 is 16.9 Å². The van der Waals surface area contributed by atoms with Gasteiger partial charge in [-0.15, -0.1) is 0 Å². The van der Waals surface area contributed by atoms with Crippen LogP contribution in [0.3, 0.4) is 0 Å². The van der Waals surface area contributed by atoms with Crippen molar-refractivity contribution in [3.8, 4) is 0 Å². The van der Waals surface area contributed by atoms with E-state index in [1.807, 2.05) is 0 Å². The molecule has 3 atom stereocenters. The molecule has 4 nitrogen and oxygen atoms in total. The number of para-hydroxylation sites is 1. The number of nitrogens with one attached hydrogen (secondary N) is 1. The van der Waals surface area contributed by atoms with E-state index in [0.717, 1.165) is 12.8 Å². The van der Waals surface area contributed by atoms with Crippen LogP contribution in [0.2, 0.25) is 0 Å². The van der Waals surface area contributed by atoms with Gasteiger partial charge in [-0.3, -0.25) is 0 Å². The Morgan fingerprint density at radius 2 is 2.19 bits per heavy atom. The lowest BCUT2D eigenvalue weighted by atomic mass is 10.0.